The largest absolute Gasteiger partial charge is 0.341 e. The summed E-state index contributed by atoms with van der Waals surface area (Å²) < 4.78 is 22.5. The smallest absolute Gasteiger partial charge is 0.226 e. The highest BCUT2D eigenvalue weighted by molar-refractivity contribution is 7.91. The fourth-order valence-corrected chi connectivity index (χ4v) is 3.97. The molecule has 2 atom stereocenters. The molecule has 0 aromatic heterocycles. The quantitative estimate of drug-likeness (QED) is 0.627. The first-order chi connectivity index (χ1) is 6.98. The van der Waals surface area contributed by atoms with E-state index in [0.29, 0.717) is 19.5 Å². The van der Waals surface area contributed by atoms with E-state index in [9.17, 15) is 13.2 Å². The van der Waals surface area contributed by atoms with Gasteiger partial charge in [0, 0.05) is 19.1 Å². The molecule has 1 unspecified atom stereocenters. The number of nitrogens with two attached hydrogens (primary N) is 1. The van der Waals surface area contributed by atoms with Crippen molar-refractivity contribution in [2.75, 3.05) is 24.6 Å². The predicted molar refractivity (Wildman–Crippen MR) is 55.9 cm³/mol. The number of amides is 1. The number of likely N-dealkylation sites (tertiary alicyclic amines) is 1. The van der Waals surface area contributed by atoms with Crippen LogP contribution in [0.5, 0.6) is 0 Å². The van der Waals surface area contributed by atoms with Crippen LogP contribution in [0.15, 0.2) is 0 Å². The Morgan fingerprint density at radius 1 is 1.33 bits per heavy atom. The molecule has 2 saturated heterocycles. The Morgan fingerprint density at radius 2 is 2.07 bits per heavy atom. The molecular formula is C9H16N2O3S. The predicted octanol–water partition coefficient (Wildman–Crippen LogP) is -1.02. The Balaban J connectivity index is 1.98. The topological polar surface area (TPSA) is 80.5 Å². The van der Waals surface area contributed by atoms with E-state index in [2.05, 4.69) is 0 Å². The minimum Gasteiger partial charge on any atom is -0.341 e. The molecule has 86 valence electrons. The van der Waals surface area contributed by atoms with Gasteiger partial charge in [-0.05, 0) is 12.8 Å². The summed E-state index contributed by atoms with van der Waals surface area (Å²) >= 11 is 0. The van der Waals surface area contributed by atoms with Gasteiger partial charge in [-0.15, -0.1) is 0 Å². The number of rotatable bonds is 1. The molecule has 5 nitrogen and oxygen atoms in total. The minimum atomic E-state index is -2.96. The second kappa shape index (κ2) is 3.75. The van der Waals surface area contributed by atoms with Crippen molar-refractivity contribution in [1.29, 1.82) is 0 Å². The molecular weight excluding hydrogens is 216 g/mol. The maximum Gasteiger partial charge on any atom is 0.226 e. The number of hydrogen-bond acceptors (Lipinski definition) is 4. The van der Waals surface area contributed by atoms with Crippen LogP contribution in [0.25, 0.3) is 0 Å². The average molecular weight is 232 g/mol. The van der Waals surface area contributed by atoms with Crippen LogP contribution in [-0.2, 0) is 14.6 Å². The van der Waals surface area contributed by atoms with Crippen LogP contribution < -0.4 is 5.73 Å². The molecule has 2 fully saturated rings. The monoisotopic (exact) mass is 232 g/mol. The highest BCUT2D eigenvalue weighted by Gasteiger charge is 2.36. The van der Waals surface area contributed by atoms with E-state index in [1.54, 1.807) is 4.90 Å². The normalized spacial score (nSPS) is 34.6. The fraction of sp³-hybridized carbons (Fsp3) is 0.889. The lowest BCUT2D eigenvalue weighted by Crippen LogP contribution is -2.36. The van der Waals surface area contributed by atoms with Crippen molar-refractivity contribution in [3.63, 3.8) is 0 Å². The Kier molecular flexibility index (Phi) is 2.72. The summed E-state index contributed by atoms with van der Waals surface area (Å²) in [5.41, 5.74) is 5.70. The van der Waals surface area contributed by atoms with Gasteiger partial charge < -0.3 is 10.6 Å². The second-order valence-corrected chi connectivity index (χ2v) is 6.66. The van der Waals surface area contributed by atoms with E-state index in [4.69, 9.17) is 5.73 Å². The minimum absolute atomic E-state index is 0.0241. The van der Waals surface area contributed by atoms with Gasteiger partial charge in [0.05, 0.1) is 17.4 Å². The van der Waals surface area contributed by atoms with Gasteiger partial charge in [0.25, 0.3) is 0 Å². The van der Waals surface area contributed by atoms with Crippen molar-refractivity contribution >= 4 is 15.7 Å². The van der Waals surface area contributed by atoms with E-state index in [-0.39, 0.29) is 29.4 Å². The van der Waals surface area contributed by atoms with Crippen molar-refractivity contribution < 1.29 is 13.2 Å². The van der Waals surface area contributed by atoms with Crippen molar-refractivity contribution in [3.8, 4) is 0 Å². The fourth-order valence-electron chi connectivity index (χ4n) is 2.24. The Hall–Kier alpha value is -0.620. The molecule has 2 aliphatic rings. The number of hydrogen-bond donors (Lipinski definition) is 1. The van der Waals surface area contributed by atoms with Gasteiger partial charge in [-0.2, -0.15) is 0 Å². The van der Waals surface area contributed by atoms with Crippen LogP contribution in [0.3, 0.4) is 0 Å². The van der Waals surface area contributed by atoms with E-state index in [0.717, 1.165) is 6.42 Å². The number of carbonyl (C=O) groups excluding carboxylic acids is 1. The molecule has 2 rings (SSSR count). The molecule has 0 aromatic rings. The molecule has 1 amide bonds. The molecule has 0 aromatic carbocycles. The summed E-state index contributed by atoms with van der Waals surface area (Å²) in [7, 11) is -2.96. The Morgan fingerprint density at radius 3 is 2.53 bits per heavy atom. The molecule has 2 aliphatic heterocycles. The van der Waals surface area contributed by atoms with Gasteiger partial charge in [0.1, 0.15) is 0 Å². The number of carbonyl (C=O) groups is 1. The Bertz CT molecular complexity index is 366. The second-order valence-electron chi connectivity index (χ2n) is 4.43. The molecule has 15 heavy (non-hydrogen) atoms. The van der Waals surface area contributed by atoms with Crippen LogP contribution in [-0.4, -0.2) is 49.9 Å². The molecule has 0 radical (unpaired) electrons. The number of nitrogens with zero attached hydrogens (tertiary/aromatic N) is 1. The third-order valence-electron chi connectivity index (χ3n) is 3.12. The molecule has 0 bridgehead atoms. The number of sulfone groups is 1. The van der Waals surface area contributed by atoms with E-state index >= 15 is 0 Å². The first kappa shape index (κ1) is 10.9. The van der Waals surface area contributed by atoms with Crippen LogP contribution in [0.1, 0.15) is 12.8 Å². The van der Waals surface area contributed by atoms with Gasteiger partial charge in [-0.3, -0.25) is 4.79 Å². The van der Waals surface area contributed by atoms with Crippen molar-refractivity contribution in [2.45, 2.75) is 18.9 Å². The standard InChI is InChI=1S/C9H16N2O3S/c10-8-1-3-11(5-8)9(12)7-2-4-15(13,14)6-7/h7-8H,1-6,10H2/t7?,8-/m0/s1. The van der Waals surface area contributed by atoms with Gasteiger partial charge in [0.2, 0.25) is 5.91 Å². The Labute approximate surface area is 89.5 Å². The van der Waals surface area contributed by atoms with E-state index in [1.807, 2.05) is 0 Å². The van der Waals surface area contributed by atoms with Gasteiger partial charge in [0.15, 0.2) is 9.84 Å². The molecule has 2 heterocycles. The summed E-state index contributed by atoms with van der Waals surface area (Å²) in [6.45, 7) is 1.26. The van der Waals surface area contributed by atoms with Gasteiger partial charge >= 0.3 is 0 Å². The van der Waals surface area contributed by atoms with Gasteiger partial charge in [-0.1, -0.05) is 0 Å². The average Bonchev–Trinajstić information content (AvgIpc) is 2.71. The first-order valence-electron chi connectivity index (χ1n) is 5.23. The van der Waals surface area contributed by atoms with Crippen LogP contribution in [0.2, 0.25) is 0 Å². The summed E-state index contributed by atoms with van der Waals surface area (Å²) in [6, 6.07) is 0.0620. The highest BCUT2D eigenvalue weighted by atomic mass is 32.2. The first-order valence-corrected chi connectivity index (χ1v) is 7.05. The maximum atomic E-state index is 11.9. The summed E-state index contributed by atoms with van der Waals surface area (Å²) in [5, 5.41) is 0. The third-order valence-corrected chi connectivity index (χ3v) is 4.89. The van der Waals surface area contributed by atoms with E-state index < -0.39 is 9.84 Å². The molecule has 0 spiro atoms. The third kappa shape index (κ3) is 2.31. The molecule has 6 heteroatoms. The lowest BCUT2D eigenvalue weighted by Gasteiger charge is -2.19. The lowest BCUT2D eigenvalue weighted by atomic mass is 10.1. The van der Waals surface area contributed by atoms with E-state index in [1.165, 1.54) is 0 Å². The zero-order chi connectivity index (χ0) is 11.1. The SMILES string of the molecule is N[C@H]1CCN(C(=O)C2CCS(=O)(=O)C2)C1. The van der Waals surface area contributed by atoms with Crippen LogP contribution in [0, 0.1) is 5.92 Å². The summed E-state index contributed by atoms with van der Waals surface area (Å²) in [6.07, 6.45) is 1.30. The van der Waals surface area contributed by atoms with Crippen LogP contribution >= 0.6 is 0 Å². The lowest BCUT2D eigenvalue weighted by molar-refractivity contribution is -0.133. The molecule has 2 N–H and O–H groups in total. The zero-order valence-electron chi connectivity index (χ0n) is 8.55. The van der Waals surface area contributed by atoms with Gasteiger partial charge in [-0.25, -0.2) is 8.42 Å². The summed E-state index contributed by atoms with van der Waals surface area (Å²) in [5.74, 6) is -0.162. The highest BCUT2D eigenvalue weighted by Crippen LogP contribution is 2.22. The summed E-state index contributed by atoms with van der Waals surface area (Å²) in [4.78, 5) is 13.6. The molecule has 0 saturated carbocycles. The maximum absolute atomic E-state index is 11.9. The van der Waals surface area contributed by atoms with Crippen molar-refractivity contribution in [1.82, 2.24) is 4.90 Å². The zero-order valence-corrected chi connectivity index (χ0v) is 9.37. The van der Waals surface area contributed by atoms with Crippen molar-refractivity contribution in [3.05, 3.63) is 0 Å². The molecule has 0 aliphatic carbocycles. The van der Waals surface area contributed by atoms with Crippen molar-refractivity contribution in [2.24, 2.45) is 11.7 Å². The van der Waals surface area contributed by atoms with Crippen LogP contribution in [0.4, 0.5) is 0 Å².